The van der Waals surface area contributed by atoms with Gasteiger partial charge in [0.2, 0.25) is 0 Å². The first kappa shape index (κ1) is 9.66. The van der Waals surface area contributed by atoms with Crippen molar-refractivity contribution in [2.75, 3.05) is 0 Å². The molecule has 1 fully saturated rings. The maximum absolute atomic E-state index is 9.33. The van der Waals surface area contributed by atoms with Crippen molar-refractivity contribution in [3.63, 3.8) is 0 Å². The van der Waals surface area contributed by atoms with E-state index in [0.29, 0.717) is 0 Å². The van der Waals surface area contributed by atoms with Gasteiger partial charge in [-0.1, -0.05) is 22.6 Å². The van der Waals surface area contributed by atoms with E-state index < -0.39 is 24.6 Å². The summed E-state index contributed by atoms with van der Waals surface area (Å²) < 4.78 is 4.46. The third-order valence-corrected chi connectivity index (χ3v) is 3.25. The highest BCUT2D eigenvalue weighted by Gasteiger charge is 2.40. The maximum atomic E-state index is 9.33. The van der Waals surface area contributed by atoms with Crippen molar-refractivity contribution in [3.8, 4) is 0 Å². The first-order valence-electron chi connectivity index (χ1n) is 3.37. The first-order chi connectivity index (χ1) is 5.04. The third-order valence-electron chi connectivity index (χ3n) is 1.78. The number of aliphatic hydroxyl groups is 3. The van der Waals surface area contributed by atoms with Gasteiger partial charge >= 0.3 is 0 Å². The summed E-state index contributed by atoms with van der Waals surface area (Å²) in [5.74, 6) is 0. The Bertz CT molecular complexity index is 129. The average Bonchev–Trinajstić information content (AvgIpc) is 1.97. The minimum absolute atomic E-state index is 0.369. The van der Waals surface area contributed by atoms with Gasteiger partial charge in [0.25, 0.3) is 0 Å². The molecule has 5 heteroatoms. The number of alkyl halides is 1. The second-order valence-corrected chi connectivity index (χ2v) is 4.10. The van der Waals surface area contributed by atoms with Gasteiger partial charge in [-0.15, -0.1) is 0 Å². The van der Waals surface area contributed by atoms with Gasteiger partial charge in [-0.3, -0.25) is 0 Å². The van der Waals surface area contributed by atoms with E-state index in [1.165, 1.54) is 0 Å². The van der Waals surface area contributed by atoms with Crippen molar-refractivity contribution < 1.29 is 20.1 Å². The van der Waals surface area contributed by atoms with Crippen molar-refractivity contribution in [1.29, 1.82) is 0 Å². The Morgan fingerprint density at radius 1 is 1.18 bits per heavy atom. The minimum atomic E-state index is -1.17. The van der Waals surface area contributed by atoms with Crippen molar-refractivity contribution in [2.45, 2.75) is 35.5 Å². The quantitative estimate of drug-likeness (QED) is 0.401. The molecular weight excluding hydrogens is 263 g/mol. The van der Waals surface area contributed by atoms with Crippen LogP contribution in [0.4, 0.5) is 0 Å². The van der Waals surface area contributed by atoms with E-state index in [9.17, 15) is 10.2 Å². The highest BCUT2D eigenvalue weighted by Crippen LogP contribution is 2.25. The molecular formula is C6H11IO4. The fraction of sp³-hybridized carbons (Fsp3) is 1.00. The molecule has 1 aliphatic heterocycles. The zero-order valence-corrected chi connectivity index (χ0v) is 8.17. The molecule has 1 heterocycles. The number of ether oxygens (including phenoxy) is 1. The molecule has 0 spiro atoms. The zero-order chi connectivity index (χ0) is 8.59. The van der Waals surface area contributed by atoms with Crippen LogP contribution < -0.4 is 0 Å². The molecule has 0 radical (unpaired) electrons. The van der Waals surface area contributed by atoms with Gasteiger partial charge in [-0.25, -0.2) is 0 Å². The van der Waals surface area contributed by atoms with Crippen molar-refractivity contribution in [1.82, 2.24) is 0 Å². The van der Waals surface area contributed by atoms with Gasteiger partial charge < -0.3 is 20.1 Å². The molecule has 0 saturated carbocycles. The summed E-state index contributed by atoms with van der Waals surface area (Å²) >= 11 is 1.90. The third kappa shape index (κ3) is 1.83. The predicted octanol–water partition coefficient (Wildman–Crippen LogP) is -0.751. The lowest BCUT2D eigenvalue weighted by Gasteiger charge is -2.36. The predicted molar refractivity (Wildman–Crippen MR) is 46.4 cm³/mol. The van der Waals surface area contributed by atoms with E-state index in [-0.39, 0.29) is 3.92 Å². The molecule has 0 bridgehead atoms. The molecule has 11 heavy (non-hydrogen) atoms. The standard InChI is InChI=1S/C6H11IO4/c1-2-4(8)3(7)5(9)6(10)11-2/h2-6,8-10H,1H3/t2-,3+,4-,5-,6+/m1/s1. The summed E-state index contributed by atoms with van der Waals surface area (Å²) in [5, 5.41) is 27.6. The Morgan fingerprint density at radius 3 is 2.27 bits per heavy atom. The molecule has 0 aliphatic carbocycles. The fourth-order valence-corrected chi connectivity index (χ4v) is 1.94. The number of aliphatic hydroxyl groups excluding tert-OH is 3. The van der Waals surface area contributed by atoms with Crippen LogP contribution in [0.1, 0.15) is 6.92 Å². The molecule has 0 unspecified atom stereocenters. The highest BCUT2D eigenvalue weighted by molar-refractivity contribution is 14.1. The van der Waals surface area contributed by atoms with Crippen molar-refractivity contribution in [2.24, 2.45) is 0 Å². The smallest absolute Gasteiger partial charge is 0.182 e. The number of hydrogen-bond acceptors (Lipinski definition) is 4. The van der Waals surface area contributed by atoms with E-state index in [0.717, 1.165) is 0 Å². The first-order valence-corrected chi connectivity index (χ1v) is 4.62. The monoisotopic (exact) mass is 274 g/mol. The van der Waals surface area contributed by atoms with Gasteiger partial charge in [0.15, 0.2) is 6.29 Å². The van der Waals surface area contributed by atoms with Crippen molar-refractivity contribution >= 4 is 22.6 Å². The Hall–Kier alpha value is 0.570. The lowest BCUT2D eigenvalue weighted by Crippen LogP contribution is -2.53. The molecule has 0 aromatic heterocycles. The molecule has 0 amide bonds. The van der Waals surface area contributed by atoms with Crippen LogP contribution in [0.15, 0.2) is 0 Å². The largest absolute Gasteiger partial charge is 0.389 e. The molecule has 3 N–H and O–H groups in total. The topological polar surface area (TPSA) is 69.9 Å². The lowest BCUT2D eigenvalue weighted by atomic mass is 10.0. The van der Waals surface area contributed by atoms with E-state index in [1.807, 2.05) is 22.6 Å². The van der Waals surface area contributed by atoms with E-state index >= 15 is 0 Å². The molecule has 66 valence electrons. The second-order valence-electron chi connectivity index (χ2n) is 2.66. The lowest BCUT2D eigenvalue weighted by molar-refractivity contribution is -0.234. The summed E-state index contributed by atoms with van der Waals surface area (Å²) in [6.07, 6.45) is -3.30. The Kier molecular flexibility index (Phi) is 3.10. The Balaban J connectivity index is 2.63. The minimum Gasteiger partial charge on any atom is -0.389 e. The van der Waals surface area contributed by atoms with Crippen LogP contribution in [-0.4, -0.2) is 43.8 Å². The highest BCUT2D eigenvalue weighted by atomic mass is 127. The molecule has 5 atom stereocenters. The van der Waals surface area contributed by atoms with Gasteiger partial charge in [0, 0.05) is 0 Å². The van der Waals surface area contributed by atoms with Gasteiger partial charge in [0.1, 0.15) is 6.10 Å². The molecule has 0 aromatic rings. The number of hydrogen-bond donors (Lipinski definition) is 3. The van der Waals surface area contributed by atoms with Crippen LogP contribution in [-0.2, 0) is 4.74 Å². The van der Waals surface area contributed by atoms with E-state index in [4.69, 9.17) is 9.84 Å². The summed E-state index contributed by atoms with van der Waals surface area (Å²) in [6, 6.07) is 0. The van der Waals surface area contributed by atoms with Crippen LogP contribution >= 0.6 is 22.6 Å². The summed E-state index contributed by atoms with van der Waals surface area (Å²) in [6.45, 7) is 1.66. The van der Waals surface area contributed by atoms with Gasteiger partial charge in [-0.2, -0.15) is 0 Å². The summed E-state index contributed by atoms with van der Waals surface area (Å²) in [5.41, 5.74) is 0. The van der Waals surface area contributed by atoms with Gasteiger partial charge in [-0.05, 0) is 6.92 Å². The summed E-state index contributed by atoms with van der Waals surface area (Å²) in [7, 11) is 0. The molecule has 1 saturated heterocycles. The van der Waals surface area contributed by atoms with E-state index in [2.05, 4.69) is 0 Å². The second kappa shape index (κ2) is 3.53. The maximum Gasteiger partial charge on any atom is 0.182 e. The van der Waals surface area contributed by atoms with Crippen molar-refractivity contribution in [3.05, 3.63) is 0 Å². The average molecular weight is 274 g/mol. The van der Waals surface area contributed by atoms with Crippen LogP contribution in [0.2, 0.25) is 0 Å². The van der Waals surface area contributed by atoms with Crippen LogP contribution in [0.25, 0.3) is 0 Å². The fourth-order valence-electron chi connectivity index (χ4n) is 0.999. The SMILES string of the molecule is C[C@H]1O[C@H](O)[C@H](O)[C@@H](I)[C@@H]1O. The van der Waals surface area contributed by atoms with Gasteiger partial charge in [0.05, 0.1) is 16.1 Å². The zero-order valence-electron chi connectivity index (χ0n) is 6.01. The Labute approximate surface area is 78.3 Å². The van der Waals surface area contributed by atoms with E-state index in [1.54, 1.807) is 6.92 Å². The van der Waals surface area contributed by atoms with Crippen LogP contribution in [0.5, 0.6) is 0 Å². The van der Waals surface area contributed by atoms with Crippen LogP contribution in [0, 0.1) is 0 Å². The normalized spacial score (nSPS) is 52.6. The number of halogens is 1. The molecule has 4 nitrogen and oxygen atoms in total. The Morgan fingerprint density at radius 2 is 1.73 bits per heavy atom. The number of rotatable bonds is 0. The van der Waals surface area contributed by atoms with Crippen LogP contribution in [0.3, 0.4) is 0 Å². The molecule has 0 aromatic carbocycles. The molecule has 1 rings (SSSR count). The molecule has 1 aliphatic rings. The summed E-state index contributed by atoms with van der Waals surface area (Å²) in [4.78, 5) is 0.